The summed E-state index contributed by atoms with van der Waals surface area (Å²) < 4.78 is 5.29. The van der Waals surface area contributed by atoms with Gasteiger partial charge in [0.25, 0.3) is 0 Å². The molecule has 3 aromatic carbocycles. The van der Waals surface area contributed by atoms with Crippen LogP contribution in [0.1, 0.15) is 30.5 Å². The number of anilines is 2. The number of aryl methyl sites for hydroxylation is 2. The van der Waals surface area contributed by atoms with Gasteiger partial charge >= 0.3 is 6.03 Å². The molecule has 1 fully saturated rings. The SMILES string of the molecule is COc1ccc(N2C(=O)N(c3ccc(C)cc3)C(O)(c3cccc(C)c3)C2C(C)C)cc1. The molecule has 1 saturated heterocycles. The summed E-state index contributed by atoms with van der Waals surface area (Å²) in [5.74, 6) is 0.688. The Labute approximate surface area is 189 Å². The molecule has 0 aliphatic carbocycles. The zero-order valence-electron chi connectivity index (χ0n) is 19.2. The fourth-order valence-corrected chi connectivity index (χ4v) is 4.64. The molecule has 3 aromatic rings. The predicted molar refractivity (Wildman–Crippen MR) is 128 cm³/mol. The van der Waals surface area contributed by atoms with Crippen molar-refractivity contribution in [3.63, 3.8) is 0 Å². The minimum absolute atomic E-state index is 0.0259. The van der Waals surface area contributed by atoms with Crippen molar-refractivity contribution in [2.45, 2.75) is 39.5 Å². The summed E-state index contributed by atoms with van der Waals surface area (Å²) in [6, 6.07) is 22.1. The lowest BCUT2D eigenvalue weighted by atomic mass is 9.86. The number of urea groups is 1. The number of benzene rings is 3. The third kappa shape index (κ3) is 3.53. The molecule has 1 heterocycles. The van der Waals surface area contributed by atoms with Crippen molar-refractivity contribution in [2.24, 2.45) is 5.92 Å². The zero-order chi connectivity index (χ0) is 23.0. The first-order valence-electron chi connectivity index (χ1n) is 10.9. The molecule has 4 rings (SSSR count). The molecule has 0 spiro atoms. The zero-order valence-corrected chi connectivity index (χ0v) is 19.2. The quantitative estimate of drug-likeness (QED) is 0.571. The van der Waals surface area contributed by atoms with Gasteiger partial charge in [-0.15, -0.1) is 0 Å². The van der Waals surface area contributed by atoms with E-state index >= 15 is 0 Å². The first kappa shape index (κ1) is 21.9. The summed E-state index contributed by atoms with van der Waals surface area (Å²) in [5, 5.41) is 12.4. The Morgan fingerprint density at radius 1 is 0.906 bits per heavy atom. The normalized spacial score (nSPS) is 20.8. The van der Waals surface area contributed by atoms with Gasteiger partial charge < -0.3 is 9.84 Å². The van der Waals surface area contributed by atoms with Gasteiger partial charge in [-0.2, -0.15) is 0 Å². The van der Waals surface area contributed by atoms with E-state index in [1.165, 1.54) is 4.90 Å². The molecule has 0 saturated carbocycles. The van der Waals surface area contributed by atoms with Crippen molar-refractivity contribution in [1.29, 1.82) is 0 Å². The molecule has 1 N–H and O–H groups in total. The summed E-state index contributed by atoms with van der Waals surface area (Å²) in [6.45, 7) is 8.07. The highest BCUT2D eigenvalue weighted by Crippen LogP contribution is 2.47. The van der Waals surface area contributed by atoms with Gasteiger partial charge in [0.05, 0.1) is 13.2 Å². The first-order valence-corrected chi connectivity index (χ1v) is 10.9. The van der Waals surface area contributed by atoms with Gasteiger partial charge in [0.1, 0.15) is 5.75 Å². The number of hydrogen-bond acceptors (Lipinski definition) is 3. The molecule has 2 atom stereocenters. The Balaban J connectivity index is 1.95. The second-order valence-electron chi connectivity index (χ2n) is 8.81. The predicted octanol–water partition coefficient (Wildman–Crippen LogP) is 5.63. The van der Waals surface area contributed by atoms with Gasteiger partial charge in [0, 0.05) is 16.9 Å². The lowest BCUT2D eigenvalue weighted by Gasteiger charge is -2.39. The van der Waals surface area contributed by atoms with E-state index in [1.807, 2.05) is 100 Å². The average molecular weight is 431 g/mol. The van der Waals surface area contributed by atoms with Crippen LogP contribution in [0.2, 0.25) is 0 Å². The highest BCUT2D eigenvalue weighted by Gasteiger charge is 2.59. The van der Waals surface area contributed by atoms with Gasteiger partial charge in [0.2, 0.25) is 0 Å². The molecular formula is C27H30N2O3. The molecule has 0 bridgehead atoms. The second kappa shape index (κ2) is 8.32. The molecule has 32 heavy (non-hydrogen) atoms. The van der Waals surface area contributed by atoms with E-state index in [2.05, 4.69) is 0 Å². The van der Waals surface area contributed by atoms with E-state index < -0.39 is 11.8 Å². The Morgan fingerprint density at radius 3 is 2.09 bits per heavy atom. The van der Waals surface area contributed by atoms with Gasteiger partial charge in [0.15, 0.2) is 5.72 Å². The summed E-state index contributed by atoms with van der Waals surface area (Å²) in [7, 11) is 1.61. The number of nitrogens with zero attached hydrogens (tertiary/aromatic N) is 2. The molecular weight excluding hydrogens is 400 g/mol. The van der Waals surface area contributed by atoms with Gasteiger partial charge in [-0.1, -0.05) is 61.4 Å². The highest BCUT2D eigenvalue weighted by atomic mass is 16.5. The molecule has 1 aliphatic heterocycles. The van der Waals surface area contributed by atoms with Crippen LogP contribution in [0.25, 0.3) is 0 Å². The van der Waals surface area contributed by atoms with E-state index in [1.54, 1.807) is 12.0 Å². The third-order valence-electron chi connectivity index (χ3n) is 6.15. The second-order valence-corrected chi connectivity index (χ2v) is 8.81. The lowest BCUT2D eigenvalue weighted by molar-refractivity contribution is 0.0177. The summed E-state index contributed by atoms with van der Waals surface area (Å²) in [4.78, 5) is 17.2. The van der Waals surface area contributed by atoms with Crippen LogP contribution in [0, 0.1) is 19.8 Å². The average Bonchev–Trinajstić information content (AvgIpc) is 3.02. The van der Waals surface area contributed by atoms with Crippen LogP contribution in [0.5, 0.6) is 5.75 Å². The number of methoxy groups -OCH3 is 1. The maximum Gasteiger partial charge on any atom is 0.332 e. The smallest absolute Gasteiger partial charge is 0.332 e. The van der Waals surface area contributed by atoms with Crippen LogP contribution in [-0.2, 0) is 5.72 Å². The fraction of sp³-hybridized carbons (Fsp3) is 0.296. The van der Waals surface area contributed by atoms with Crippen LogP contribution < -0.4 is 14.5 Å². The standard InChI is InChI=1S/C27H30N2O3/c1-18(2)25-27(31,21-8-6-7-20(4)17-21)29(23-11-9-19(3)10-12-23)26(30)28(25)22-13-15-24(32-5)16-14-22/h6-18,25,31H,1-5H3. The number of amides is 2. The van der Waals surface area contributed by atoms with Crippen molar-refractivity contribution >= 4 is 17.4 Å². The number of hydrogen-bond donors (Lipinski definition) is 1. The summed E-state index contributed by atoms with van der Waals surface area (Å²) >= 11 is 0. The van der Waals surface area contributed by atoms with Crippen LogP contribution in [0.15, 0.2) is 72.8 Å². The van der Waals surface area contributed by atoms with E-state index in [-0.39, 0.29) is 11.9 Å². The molecule has 2 unspecified atom stereocenters. The van der Waals surface area contributed by atoms with Crippen molar-refractivity contribution in [2.75, 3.05) is 16.9 Å². The van der Waals surface area contributed by atoms with E-state index in [9.17, 15) is 9.90 Å². The number of ether oxygens (including phenoxy) is 1. The van der Waals surface area contributed by atoms with Crippen molar-refractivity contribution < 1.29 is 14.6 Å². The van der Waals surface area contributed by atoms with Gasteiger partial charge in [-0.3, -0.25) is 9.80 Å². The third-order valence-corrected chi connectivity index (χ3v) is 6.15. The Bertz CT molecular complexity index is 1110. The molecule has 0 radical (unpaired) electrons. The minimum Gasteiger partial charge on any atom is -0.497 e. The Kier molecular flexibility index (Phi) is 5.70. The first-order chi connectivity index (χ1) is 15.3. The molecule has 5 nitrogen and oxygen atoms in total. The largest absolute Gasteiger partial charge is 0.497 e. The number of carbonyl (C=O) groups is 1. The Hall–Kier alpha value is -3.31. The summed E-state index contributed by atoms with van der Waals surface area (Å²) in [6.07, 6.45) is 0. The molecule has 166 valence electrons. The topological polar surface area (TPSA) is 53.0 Å². The Morgan fingerprint density at radius 2 is 1.53 bits per heavy atom. The maximum absolute atomic E-state index is 14.0. The minimum atomic E-state index is -1.55. The molecule has 2 amide bonds. The number of carbonyl (C=O) groups excluding carboxylic acids is 1. The van der Waals surface area contributed by atoms with Crippen molar-refractivity contribution in [3.8, 4) is 5.75 Å². The molecule has 5 heteroatoms. The molecule has 1 aliphatic rings. The van der Waals surface area contributed by atoms with Gasteiger partial charge in [-0.25, -0.2) is 4.79 Å². The monoisotopic (exact) mass is 430 g/mol. The van der Waals surface area contributed by atoms with Gasteiger partial charge in [-0.05, 0) is 56.2 Å². The maximum atomic E-state index is 14.0. The van der Waals surface area contributed by atoms with Crippen LogP contribution in [0.4, 0.5) is 16.2 Å². The van der Waals surface area contributed by atoms with Crippen molar-refractivity contribution in [1.82, 2.24) is 0 Å². The van der Waals surface area contributed by atoms with Crippen molar-refractivity contribution in [3.05, 3.63) is 89.5 Å². The van der Waals surface area contributed by atoms with E-state index in [4.69, 9.17) is 4.74 Å². The highest BCUT2D eigenvalue weighted by molar-refractivity contribution is 6.08. The van der Waals surface area contributed by atoms with E-state index in [0.717, 1.165) is 16.8 Å². The molecule has 0 aromatic heterocycles. The fourth-order valence-electron chi connectivity index (χ4n) is 4.64. The summed E-state index contributed by atoms with van der Waals surface area (Å²) in [5.41, 5.74) is 2.64. The number of rotatable bonds is 5. The van der Waals surface area contributed by atoms with Crippen LogP contribution in [-0.4, -0.2) is 24.3 Å². The van der Waals surface area contributed by atoms with Crippen LogP contribution >= 0.6 is 0 Å². The van der Waals surface area contributed by atoms with Crippen LogP contribution in [0.3, 0.4) is 0 Å². The lowest BCUT2D eigenvalue weighted by Crippen LogP contribution is -2.52. The van der Waals surface area contributed by atoms with E-state index in [0.29, 0.717) is 17.0 Å². The number of aliphatic hydroxyl groups is 1.